The maximum absolute atomic E-state index is 12.3. The Morgan fingerprint density at radius 1 is 1.17 bits per heavy atom. The molecule has 9 heteroatoms. The van der Waals surface area contributed by atoms with E-state index >= 15 is 0 Å². The van der Waals surface area contributed by atoms with Crippen LogP contribution in [0.4, 0.5) is 5.69 Å². The molecule has 2 heterocycles. The molecule has 1 atom stereocenters. The van der Waals surface area contributed by atoms with Crippen molar-refractivity contribution in [3.05, 3.63) is 53.4 Å². The quantitative estimate of drug-likeness (QED) is 0.719. The molecule has 2 aromatic rings. The molecule has 0 saturated carbocycles. The molecule has 1 fully saturated rings. The lowest BCUT2D eigenvalue weighted by Crippen LogP contribution is -2.50. The van der Waals surface area contributed by atoms with Gasteiger partial charge in [0.2, 0.25) is 0 Å². The second kappa shape index (κ2) is 9.47. The van der Waals surface area contributed by atoms with E-state index in [2.05, 4.69) is 10.2 Å². The fourth-order valence-corrected chi connectivity index (χ4v) is 3.16. The number of anilines is 1. The highest BCUT2D eigenvalue weighted by atomic mass is 35.5. The summed E-state index contributed by atoms with van der Waals surface area (Å²) >= 11 is 6.03. The van der Waals surface area contributed by atoms with E-state index in [0.717, 1.165) is 5.69 Å². The molecule has 0 unspecified atom stereocenters. The number of nitrogens with one attached hydrogen (secondary N) is 1. The number of benzene rings is 1. The molecule has 2 amide bonds. The number of carbonyl (C=O) groups is 3. The largest absolute Gasteiger partial charge is 0.459 e. The fourth-order valence-electron chi connectivity index (χ4n) is 2.97. The van der Waals surface area contributed by atoms with Crippen molar-refractivity contribution in [1.82, 2.24) is 10.2 Å². The molecule has 29 heavy (non-hydrogen) atoms. The summed E-state index contributed by atoms with van der Waals surface area (Å²) in [5, 5.41) is 3.13. The molecule has 154 valence electrons. The molecular weight excluding hydrogens is 398 g/mol. The molecular formula is C20H22ClN3O5. The summed E-state index contributed by atoms with van der Waals surface area (Å²) in [5.41, 5.74) is 1.01. The average molecular weight is 420 g/mol. The van der Waals surface area contributed by atoms with E-state index in [1.807, 2.05) is 24.3 Å². The maximum Gasteiger partial charge on any atom is 0.328 e. The summed E-state index contributed by atoms with van der Waals surface area (Å²) in [5.74, 6) is -1.38. The van der Waals surface area contributed by atoms with Crippen molar-refractivity contribution in [2.24, 2.45) is 0 Å². The summed E-state index contributed by atoms with van der Waals surface area (Å²) in [4.78, 5) is 40.1. The van der Waals surface area contributed by atoms with Gasteiger partial charge in [-0.15, -0.1) is 0 Å². The smallest absolute Gasteiger partial charge is 0.328 e. The van der Waals surface area contributed by atoms with Crippen LogP contribution in [0.25, 0.3) is 0 Å². The van der Waals surface area contributed by atoms with Gasteiger partial charge < -0.3 is 24.3 Å². The van der Waals surface area contributed by atoms with Gasteiger partial charge in [0.15, 0.2) is 12.4 Å². The van der Waals surface area contributed by atoms with Crippen molar-refractivity contribution in [1.29, 1.82) is 0 Å². The van der Waals surface area contributed by atoms with Crippen LogP contribution in [-0.4, -0.2) is 61.5 Å². The van der Waals surface area contributed by atoms with Crippen LogP contribution in [-0.2, 0) is 14.3 Å². The van der Waals surface area contributed by atoms with Crippen molar-refractivity contribution in [2.45, 2.75) is 13.0 Å². The van der Waals surface area contributed by atoms with E-state index in [0.29, 0.717) is 31.2 Å². The van der Waals surface area contributed by atoms with Gasteiger partial charge in [0.1, 0.15) is 6.04 Å². The lowest BCUT2D eigenvalue weighted by molar-refractivity contribution is -0.153. The molecule has 0 radical (unpaired) electrons. The van der Waals surface area contributed by atoms with Gasteiger partial charge in [-0.3, -0.25) is 9.59 Å². The van der Waals surface area contributed by atoms with Crippen molar-refractivity contribution in [3.63, 3.8) is 0 Å². The van der Waals surface area contributed by atoms with E-state index in [4.69, 9.17) is 20.8 Å². The second-order valence-corrected chi connectivity index (χ2v) is 7.06. The lowest BCUT2D eigenvalue weighted by Gasteiger charge is -2.36. The summed E-state index contributed by atoms with van der Waals surface area (Å²) in [6.45, 7) is 3.49. The van der Waals surface area contributed by atoms with Gasteiger partial charge in [0.25, 0.3) is 11.8 Å². The van der Waals surface area contributed by atoms with Crippen LogP contribution in [0, 0.1) is 0 Å². The normalized spacial score (nSPS) is 15.0. The molecule has 1 aliphatic heterocycles. The van der Waals surface area contributed by atoms with Gasteiger partial charge in [-0.2, -0.15) is 0 Å². The number of piperazine rings is 1. The first kappa shape index (κ1) is 20.7. The molecule has 1 aromatic heterocycles. The van der Waals surface area contributed by atoms with Gasteiger partial charge in [-0.05, 0) is 37.3 Å². The summed E-state index contributed by atoms with van der Waals surface area (Å²) in [6.07, 6.45) is 1.36. The van der Waals surface area contributed by atoms with E-state index in [-0.39, 0.29) is 18.3 Å². The number of hydrogen-bond acceptors (Lipinski definition) is 6. The zero-order valence-corrected chi connectivity index (χ0v) is 16.7. The minimum absolute atomic E-state index is 0.0956. The summed E-state index contributed by atoms with van der Waals surface area (Å²) in [7, 11) is 0. The highest BCUT2D eigenvalue weighted by Crippen LogP contribution is 2.20. The number of rotatable bonds is 6. The molecule has 3 rings (SSSR count). The third-order valence-corrected chi connectivity index (χ3v) is 4.82. The van der Waals surface area contributed by atoms with Crippen LogP contribution >= 0.6 is 11.6 Å². The molecule has 1 aromatic carbocycles. The first-order valence-electron chi connectivity index (χ1n) is 9.23. The lowest BCUT2D eigenvalue weighted by atomic mass is 10.2. The standard InChI is InChI=1S/C20H22ClN3O5/c1-14(22-19(26)17-6-3-11-28-17)20(27)29-13-18(25)24-9-7-23(8-10-24)16-5-2-4-15(21)12-16/h2-6,11-12,14H,7-10,13H2,1H3,(H,22,26)/t14-/m0/s1. The Kier molecular flexibility index (Phi) is 6.77. The maximum atomic E-state index is 12.3. The Morgan fingerprint density at radius 3 is 2.59 bits per heavy atom. The van der Waals surface area contributed by atoms with Crippen LogP contribution in [0.2, 0.25) is 5.02 Å². The molecule has 0 bridgehead atoms. The highest BCUT2D eigenvalue weighted by molar-refractivity contribution is 6.30. The number of ether oxygens (including phenoxy) is 1. The van der Waals surface area contributed by atoms with Gasteiger partial charge in [0, 0.05) is 36.9 Å². The van der Waals surface area contributed by atoms with Crippen molar-refractivity contribution >= 4 is 35.1 Å². The zero-order valence-electron chi connectivity index (χ0n) is 16.0. The fraction of sp³-hybridized carbons (Fsp3) is 0.350. The van der Waals surface area contributed by atoms with Crippen molar-refractivity contribution < 1.29 is 23.5 Å². The molecule has 8 nitrogen and oxygen atoms in total. The minimum atomic E-state index is -0.903. The first-order chi connectivity index (χ1) is 13.9. The van der Waals surface area contributed by atoms with Crippen LogP contribution in [0.1, 0.15) is 17.5 Å². The van der Waals surface area contributed by atoms with E-state index in [9.17, 15) is 14.4 Å². The van der Waals surface area contributed by atoms with Crippen molar-refractivity contribution in [3.8, 4) is 0 Å². The Balaban J connectivity index is 1.41. The van der Waals surface area contributed by atoms with Crippen LogP contribution in [0.5, 0.6) is 0 Å². The number of nitrogens with zero attached hydrogens (tertiary/aromatic N) is 2. The number of amides is 2. The average Bonchev–Trinajstić information content (AvgIpc) is 3.27. The van der Waals surface area contributed by atoms with Crippen LogP contribution in [0.15, 0.2) is 47.1 Å². The number of hydrogen-bond donors (Lipinski definition) is 1. The first-order valence-corrected chi connectivity index (χ1v) is 9.61. The highest BCUT2D eigenvalue weighted by Gasteiger charge is 2.24. The monoisotopic (exact) mass is 419 g/mol. The molecule has 0 spiro atoms. The Bertz CT molecular complexity index is 863. The Labute approximate surface area is 173 Å². The number of furan rings is 1. The Morgan fingerprint density at radius 2 is 1.93 bits per heavy atom. The predicted molar refractivity (Wildman–Crippen MR) is 107 cm³/mol. The number of esters is 1. The second-order valence-electron chi connectivity index (χ2n) is 6.63. The van der Waals surface area contributed by atoms with E-state index in [1.165, 1.54) is 19.3 Å². The molecule has 1 aliphatic rings. The van der Waals surface area contributed by atoms with Gasteiger partial charge in [-0.25, -0.2) is 4.79 Å². The Hall–Kier alpha value is -3.00. The van der Waals surface area contributed by atoms with Crippen LogP contribution < -0.4 is 10.2 Å². The van der Waals surface area contributed by atoms with E-state index in [1.54, 1.807) is 11.0 Å². The summed E-state index contributed by atoms with van der Waals surface area (Å²) < 4.78 is 10.0. The zero-order chi connectivity index (χ0) is 20.8. The molecule has 1 N–H and O–H groups in total. The van der Waals surface area contributed by atoms with Crippen molar-refractivity contribution in [2.75, 3.05) is 37.7 Å². The van der Waals surface area contributed by atoms with Gasteiger partial charge in [0.05, 0.1) is 6.26 Å². The number of halogens is 1. The summed E-state index contributed by atoms with van der Waals surface area (Å²) in [6, 6.07) is 9.73. The molecule has 0 aliphatic carbocycles. The van der Waals surface area contributed by atoms with Gasteiger partial charge >= 0.3 is 5.97 Å². The third-order valence-electron chi connectivity index (χ3n) is 4.59. The van der Waals surface area contributed by atoms with Crippen LogP contribution in [0.3, 0.4) is 0 Å². The van der Waals surface area contributed by atoms with E-state index < -0.39 is 17.9 Å². The van der Waals surface area contributed by atoms with Gasteiger partial charge in [-0.1, -0.05) is 17.7 Å². The number of carbonyl (C=O) groups excluding carboxylic acids is 3. The minimum Gasteiger partial charge on any atom is -0.459 e. The third kappa shape index (κ3) is 5.51. The SMILES string of the molecule is C[C@H](NC(=O)c1ccco1)C(=O)OCC(=O)N1CCN(c2cccc(Cl)c2)CC1. The predicted octanol–water partition coefficient (Wildman–Crippen LogP) is 1.94. The topological polar surface area (TPSA) is 92.1 Å². The molecule has 1 saturated heterocycles.